The Hall–Kier alpha value is -2.86. The van der Waals surface area contributed by atoms with Crippen LogP contribution >= 0.6 is 0 Å². The third-order valence-electron chi connectivity index (χ3n) is 6.14. The van der Waals surface area contributed by atoms with E-state index in [1.165, 1.54) is 32.1 Å². The third kappa shape index (κ3) is 6.31. The molecule has 1 fully saturated rings. The highest BCUT2D eigenvalue weighted by Crippen LogP contribution is 2.28. The lowest BCUT2D eigenvalue weighted by Crippen LogP contribution is -2.46. The predicted octanol–water partition coefficient (Wildman–Crippen LogP) is 4.60. The summed E-state index contributed by atoms with van der Waals surface area (Å²) in [6.45, 7) is 0.610. The monoisotopic (exact) mass is 422 g/mol. The maximum Gasteiger partial charge on any atom is 0.319 e. The molecule has 0 saturated heterocycles. The summed E-state index contributed by atoms with van der Waals surface area (Å²) < 4.78 is 0. The highest BCUT2D eigenvalue weighted by molar-refractivity contribution is 6.06. The summed E-state index contributed by atoms with van der Waals surface area (Å²) in [5.74, 6) is 0.499. The van der Waals surface area contributed by atoms with Crippen LogP contribution in [-0.4, -0.2) is 50.6 Å². The van der Waals surface area contributed by atoms with Gasteiger partial charge >= 0.3 is 6.03 Å². The van der Waals surface area contributed by atoms with Crippen LogP contribution in [0.2, 0.25) is 0 Å². The molecule has 2 aromatic carbocycles. The van der Waals surface area contributed by atoms with Crippen LogP contribution in [0.3, 0.4) is 0 Å². The van der Waals surface area contributed by atoms with Crippen LogP contribution in [0.25, 0.3) is 0 Å². The van der Waals surface area contributed by atoms with E-state index in [1.54, 1.807) is 36.2 Å². The van der Waals surface area contributed by atoms with E-state index in [2.05, 4.69) is 29.6 Å². The van der Waals surface area contributed by atoms with Crippen LogP contribution in [0.15, 0.2) is 54.6 Å². The lowest BCUT2D eigenvalue weighted by atomic mass is 9.83. The first-order chi connectivity index (χ1) is 15.0. The van der Waals surface area contributed by atoms with Crippen LogP contribution in [-0.2, 0) is 0 Å². The molecule has 0 radical (unpaired) electrons. The average molecular weight is 423 g/mol. The maximum absolute atomic E-state index is 12.8. The summed E-state index contributed by atoms with van der Waals surface area (Å²) in [6, 6.07) is 16.6. The van der Waals surface area contributed by atoms with Gasteiger partial charge < -0.3 is 20.4 Å². The number of hydrogen-bond donors (Lipinski definition) is 2. The molecule has 31 heavy (non-hydrogen) atoms. The zero-order valence-corrected chi connectivity index (χ0v) is 18.8. The van der Waals surface area contributed by atoms with Crippen LogP contribution in [0.1, 0.15) is 42.5 Å². The molecule has 2 N–H and O–H groups in total. The molecule has 0 aliphatic heterocycles. The number of carbonyl (C=O) groups excluding carboxylic acids is 2. The van der Waals surface area contributed by atoms with Crippen molar-refractivity contribution >= 4 is 23.3 Å². The number of urea groups is 1. The maximum atomic E-state index is 12.8. The number of benzene rings is 2. The fraction of sp³-hybridized carbons (Fsp3) is 0.440. The molecule has 0 spiro atoms. The Morgan fingerprint density at radius 2 is 1.68 bits per heavy atom. The van der Waals surface area contributed by atoms with Crippen LogP contribution in [0.4, 0.5) is 16.2 Å². The standard InChI is InChI=1S/C25H34N4O2/c1-28(2)23(19-11-6-4-7-12-19)18-26-25(31)27-21-14-10-13-20(17-21)24(30)29(3)22-15-8-5-9-16-22/h5,8-10,13-17,19,23H,4,6-7,11-12,18H2,1-3H3,(H2,26,27,31). The van der Waals surface area contributed by atoms with Gasteiger partial charge in [-0.1, -0.05) is 43.5 Å². The molecule has 6 heteroatoms. The smallest absolute Gasteiger partial charge is 0.319 e. The summed E-state index contributed by atoms with van der Waals surface area (Å²) in [7, 11) is 5.91. The van der Waals surface area contributed by atoms with Crippen molar-refractivity contribution < 1.29 is 9.59 Å². The van der Waals surface area contributed by atoms with Gasteiger partial charge in [-0.3, -0.25) is 4.79 Å². The van der Waals surface area contributed by atoms with Gasteiger partial charge in [0.2, 0.25) is 0 Å². The van der Waals surface area contributed by atoms with Crippen molar-refractivity contribution in [2.24, 2.45) is 5.92 Å². The molecule has 0 heterocycles. The van der Waals surface area contributed by atoms with Gasteiger partial charge in [-0.15, -0.1) is 0 Å². The van der Waals surface area contributed by atoms with Crippen molar-refractivity contribution in [2.45, 2.75) is 38.1 Å². The second-order valence-electron chi connectivity index (χ2n) is 8.54. The second kappa shape index (κ2) is 11.0. The number of rotatable bonds is 7. The van der Waals surface area contributed by atoms with Gasteiger partial charge in [0, 0.05) is 36.6 Å². The second-order valence-corrected chi connectivity index (χ2v) is 8.54. The Morgan fingerprint density at radius 1 is 0.968 bits per heavy atom. The Bertz CT molecular complexity index is 863. The van der Waals surface area contributed by atoms with E-state index < -0.39 is 0 Å². The number of nitrogens with one attached hydrogen (secondary N) is 2. The number of carbonyl (C=O) groups is 2. The molecule has 1 unspecified atom stereocenters. The van der Waals surface area contributed by atoms with E-state index in [9.17, 15) is 9.59 Å². The lowest BCUT2D eigenvalue weighted by Gasteiger charge is -2.34. The summed E-state index contributed by atoms with van der Waals surface area (Å²) in [6.07, 6.45) is 6.33. The highest BCUT2D eigenvalue weighted by Gasteiger charge is 2.25. The number of nitrogens with zero attached hydrogens (tertiary/aromatic N) is 2. The molecular weight excluding hydrogens is 388 g/mol. The predicted molar refractivity (Wildman–Crippen MR) is 127 cm³/mol. The minimum Gasteiger partial charge on any atom is -0.336 e. The van der Waals surface area contributed by atoms with Crippen molar-refractivity contribution in [1.82, 2.24) is 10.2 Å². The van der Waals surface area contributed by atoms with E-state index in [1.807, 2.05) is 30.3 Å². The molecule has 3 amide bonds. The number of hydrogen-bond acceptors (Lipinski definition) is 3. The average Bonchev–Trinajstić information content (AvgIpc) is 2.79. The van der Waals surface area contributed by atoms with Gasteiger partial charge in [0.05, 0.1) is 0 Å². The number of likely N-dealkylation sites (N-methyl/N-ethyl adjacent to an activating group) is 1. The number of amides is 3. The fourth-order valence-electron chi connectivity index (χ4n) is 4.35. The normalized spacial score (nSPS) is 15.4. The molecule has 3 rings (SSSR count). The van der Waals surface area contributed by atoms with Gasteiger partial charge in [0.1, 0.15) is 0 Å². The van der Waals surface area contributed by atoms with Gasteiger partial charge in [-0.05, 0) is 63.2 Å². The van der Waals surface area contributed by atoms with E-state index >= 15 is 0 Å². The molecule has 0 bridgehead atoms. The molecule has 0 aromatic heterocycles. The topological polar surface area (TPSA) is 64.7 Å². The highest BCUT2D eigenvalue weighted by atomic mass is 16.2. The molecule has 1 saturated carbocycles. The van der Waals surface area contributed by atoms with Crippen molar-refractivity contribution in [3.63, 3.8) is 0 Å². The molecule has 1 aliphatic carbocycles. The van der Waals surface area contributed by atoms with Gasteiger partial charge in [-0.25, -0.2) is 4.79 Å². The molecular formula is C25H34N4O2. The summed E-state index contributed by atoms with van der Waals surface area (Å²) in [4.78, 5) is 29.2. The molecule has 6 nitrogen and oxygen atoms in total. The van der Waals surface area contributed by atoms with Gasteiger partial charge in [-0.2, -0.15) is 0 Å². The number of para-hydroxylation sites is 1. The van der Waals surface area contributed by atoms with Crippen molar-refractivity contribution in [2.75, 3.05) is 37.9 Å². The molecule has 1 aliphatic rings. The molecule has 166 valence electrons. The van der Waals surface area contributed by atoms with E-state index in [-0.39, 0.29) is 11.9 Å². The van der Waals surface area contributed by atoms with Crippen LogP contribution < -0.4 is 15.5 Å². The number of anilines is 2. The Kier molecular flexibility index (Phi) is 8.06. The molecule has 2 aromatic rings. The first kappa shape index (κ1) is 22.8. The third-order valence-corrected chi connectivity index (χ3v) is 6.14. The van der Waals surface area contributed by atoms with E-state index in [0.29, 0.717) is 29.8 Å². The summed E-state index contributed by atoms with van der Waals surface area (Å²) >= 11 is 0. The molecule has 1 atom stereocenters. The van der Waals surface area contributed by atoms with E-state index in [0.717, 1.165) is 5.69 Å². The van der Waals surface area contributed by atoms with Crippen molar-refractivity contribution in [3.05, 3.63) is 60.2 Å². The van der Waals surface area contributed by atoms with Gasteiger partial charge in [0.25, 0.3) is 5.91 Å². The zero-order chi connectivity index (χ0) is 22.2. The van der Waals surface area contributed by atoms with Crippen LogP contribution in [0.5, 0.6) is 0 Å². The Balaban J connectivity index is 1.58. The van der Waals surface area contributed by atoms with E-state index in [4.69, 9.17) is 0 Å². The summed E-state index contributed by atoms with van der Waals surface area (Å²) in [5.41, 5.74) is 1.95. The summed E-state index contributed by atoms with van der Waals surface area (Å²) in [5, 5.41) is 5.89. The SMILES string of the molecule is CN(C(=O)c1cccc(NC(=O)NCC(C2CCCCC2)N(C)C)c1)c1ccccc1. The van der Waals surface area contributed by atoms with Crippen LogP contribution in [0, 0.1) is 5.92 Å². The minimum absolute atomic E-state index is 0.125. The lowest BCUT2D eigenvalue weighted by molar-refractivity contribution is 0.0993. The Labute approximate surface area is 185 Å². The first-order valence-electron chi connectivity index (χ1n) is 11.1. The fourth-order valence-corrected chi connectivity index (χ4v) is 4.35. The van der Waals surface area contributed by atoms with Gasteiger partial charge in [0.15, 0.2) is 0 Å². The first-order valence-corrected chi connectivity index (χ1v) is 11.1. The zero-order valence-electron chi connectivity index (χ0n) is 18.8. The van der Waals surface area contributed by atoms with Crippen molar-refractivity contribution in [1.29, 1.82) is 0 Å². The minimum atomic E-state index is -0.247. The van der Waals surface area contributed by atoms with Crippen molar-refractivity contribution in [3.8, 4) is 0 Å². The quantitative estimate of drug-likeness (QED) is 0.686. The Morgan fingerprint density at radius 3 is 2.35 bits per heavy atom. The largest absolute Gasteiger partial charge is 0.336 e.